The van der Waals surface area contributed by atoms with E-state index in [4.69, 9.17) is 0 Å². The van der Waals surface area contributed by atoms with E-state index >= 15 is 0 Å². The predicted molar refractivity (Wildman–Crippen MR) is 84.6 cm³/mol. The summed E-state index contributed by atoms with van der Waals surface area (Å²) in [7, 11) is -2.93. The van der Waals surface area contributed by atoms with E-state index in [2.05, 4.69) is 27.5 Å². The summed E-state index contributed by atoms with van der Waals surface area (Å²) in [6.45, 7) is 2.75. The molecular weight excluding hydrogens is 304 g/mol. The summed E-state index contributed by atoms with van der Waals surface area (Å²) in [5.74, 6) is 0.467. The summed E-state index contributed by atoms with van der Waals surface area (Å²) in [6, 6.07) is -0.154. The third kappa shape index (κ3) is 4.94. The van der Waals surface area contributed by atoms with E-state index in [1.54, 1.807) is 0 Å². The van der Waals surface area contributed by atoms with Crippen LogP contribution in [0.2, 0.25) is 0 Å². The van der Waals surface area contributed by atoms with Gasteiger partial charge in [0, 0.05) is 25.0 Å². The molecule has 1 aromatic rings. The van der Waals surface area contributed by atoms with E-state index in [-0.39, 0.29) is 23.5 Å². The number of nitrogens with one attached hydrogen (secondary N) is 2. The van der Waals surface area contributed by atoms with E-state index in [1.807, 2.05) is 0 Å². The van der Waals surface area contributed by atoms with Gasteiger partial charge in [-0.2, -0.15) is 0 Å². The summed E-state index contributed by atoms with van der Waals surface area (Å²) >= 11 is 0. The van der Waals surface area contributed by atoms with Gasteiger partial charge in [-0.3, -0.25) is 4.79 Å². The minimum atomic E-state index is -2.93. The van der Waals surface area contributed by atoms with Crippen molar-refractivity contribution in [1.29, 1.82) is 0 Å². The fraction of sp³-hybridized carbons (Fsp3) is 0.643. The van der Waals surface area contributed by atoms with Crippen molar-refractivity contribution in [3.05, 3.63) is 18.0 Å². The van der Waals surface area contributed by atoms with E-state index in [0.717, 1.165) is 19.3 Å². The van der Waals surface area contributed by atoms with Crippen molar-refractivity contribution >= 4 is 21.7 Å². The van der Waals surface area contributed by atoms with Crippen molar-refractivity contribution < 1.29 is 13.2 Å². The highest BCUT2D eigenvalue weighted by atomic mass is 32.2. The molecular formula is C14H22N4O3S. The number of sulfone groups is 1. The molecule has 0 spiro atoms. The van der Waals surface area contributed by atoms with Gasteiger partial charge < -0.3 is 10.6 Å². The lowest BCUT2D eigenvalue weighted by Gasteiger charge is -2.10. The first-order valence-corrected chi connectivity index (χ1v) is 9.39. The Hall–Kier alpha value is -1.70. The highest BCUT2D eigenvalue weighted by molar-refractivity contribution is 7.91. The van der Waals surface area contributed by atoms with Crippen LogP contribution in [0.5, 0.6) is 0 Å². The number of aromatic nitrogens is 2. The van der Waals surface area contributed by atoms with Crippen molar-refractivity contribution in [3.8, 4) is 0 Å². The molecule has 0 bridgehead atoms. The maximum Gasteiger partial charge on any atom is 0.254 e. The van der Waals surface area contributed by atoms with Crippen molar-refractivity contribution in [3.63, 3.8) is 0 Å². The molecule has 1 fully saturated rings. The van der Waals surface area contributed by atoms with Gasteiger partial charge >= 0.3 is 0 Å². The summed E-state index contributed by atoms with van der Waals surface area (Å²) in [4.78, 5) is 20.0. The SMILES string of the molecule is CCCCCNC(=O)c1cnc(NC2CCS(=O)(=O)C2)nc1. The van der Waals surface area contributed by atoms with E-state index in [1.165, 1.54) is 12.4 Å². The molecule has 1 aromatic heterocycles. The molecule has 22 heavy (non-hydrogen) atoms. The zero-order chi connectivity index (χ0) is 16.0. The minimum Gasteiger partial charge on any atom is -0.352 e. The van der Waals surface area contributed by atoms with Crippen LogP contribution in [0.15, 0.2) is 12.4 Å². The van der Waals surface area contributed by atoms with E-state index in [9.17, 15) is 13.2 Å². The van der Waals surface area contributed by atoms with Gasteiger partial charge in [-0.15, -0.1) is 0 Å². The van der Waals surface area contributed by atoms with Crippen molar-refractivity contribution in [2.75, 3.05) is 23.4 Å². The van der Waals surface area contributed by atoms with Gasteiger partial charge in [0.2, 0.25) is 5.95 Å². The van der Waals surface area contributed by atoms with Gasteiger partial charge in [-0.25, -0.2) is 18.4 Å². The molecule has 8 heteroatoms. The lowest BCUT2D eigenvalue weighted by Crippen LogP contribution is -2.25. The molecule has 1 saturated heterocycles. The molecule has 0 aromatic carbocycles. The van der Waals surface area contributed by atoms with Crippen molar-refractivity contribution in [2.45, 2.75) is 38.6 Å². The highest BCUT2D eigenvalue weighted by Crippen LogP contribution is 2.14. The molecule has 0 aliphatic carbocycles. The van der Waals surface area contributed by atoms with E-state index in [0.29, 0.717) is 24.5 Å². The Labute approximate surface area is 130 Å². The normalized spacial score (nSPS) is 19.8. The quantitative estimate of drug-likeness (QED) is 0.725. The summed E-state index contributed by atoms with van der Waals surface area (Å²) in [6.07, 6.45) is 6.62. The van der Waals surface area contributed by atoms with Gasteiger partial charge in [-0.1, -0.05) is 19.8 Å². The number of carbonyl (C=O) groups excluding carboxylic acids is 1. The fourth-order valence-electron chi connectivity index (χ4n) is 2.29. The third-order valence-corrected chi connectivity index (χ3v) is 5.31. The second-order valence-corrected chi connectivity index (χ2v) is 7.73. The number of amides is 1. The number of hydrogen-bond acceptors (Lipinski definition) is 6. The number of rotatable bonds is 7. The van der Waals surface area contributed by atoms with Crippen LogP contribution < -0.4 is 10.6 Å². The Balaban J connectivity index is 1.83. The average Bonchev–Trinajstić information content (AvgIpc) is 2.83. The van der Waals surface area contributed by atoms with Crippen LogP contribution >= 0.6 is 0 Å². The van der Waals surface area contributed by atoms with Gasteiger partial charge in [0.25, 0.3) is 5.91 Å². The number of anilines is 1. The van der Waals surface area contributed by atoms with Crippen molar-refractivity contribution in [2.24, 2.45) is 0 Å². The molecule has 0 saturated carbocycles. The highest BCUT2D eigenvalue weighted by Gasteiger charge is 2.28. The predicted octanol–water partition coefficient (Wildman–Crippen LogP) is 0.996. The number of unbranched alkanes of at least 4 members (excludes halogenated alkanes) is 2. The first-order valence-electron chi connectivity index (χ1n) is 7.57. The zero-order valence-electron chi connectivity index (χ0n) is 12.7. The summed E-state index contributed by atoms with van der Waals surface area (Å²) in [5, 5.41) is 5.81. The first-order chi connectivity index (χ1) is 10.5. The minimum absolute atomic E-state index is 0.107. The van der Waals surface area contributed by atoms with Crippen molar-refractivity contribution in [1.82, 2.24) is 15.3 Å². The lowest BCUT2D eigenvalue weighted by molar-refractivity contribution is 0.0952. The van der Waals surface area contributed by atoms with Crippen LogP contribution in [-0.4, -0.2) is 48.4 Å². The molecule has 2 rings (SSSR count). The largest absolute Gasteiger partial charge is 0.352 e. The summed E-state index contributed by atoms with van der Waals surface area (Å²) in [5.41, 5.74) is 0.404. The van der Waals surface area contributed by atoms with Crippen LogP contribution in [0.25, 0.3) is 0 Å². The molecule has 1 unspecified atom stereocenters. The average molecular weight is 326 g/mol. The van der Waals surface area contributed by atoms with Crippen LogP contribution in [0.3, 0.4) is 0 Å². The maximum atomic E-state index is 11.9. The number of carbonyl (C=O) groups is 1. The fourth-order valence-corrected chi connectivity index (χ4v) is 3.96. The molecule has 1 atom stereocenters. The van der Waals surface area contributed by atoms with Gasteiger partial charge in [0.15, 0.2) is 9.84 Å². The Kier molecular flexibility index (Phi) is 5.70. The molecule has 2 N–H and O–H groups in total. The molecule has 1 aliphatic heterocycles. The molecule has 1 amide bonds. The van der Waals surface area contributed by atoms with Crippen LogP contribution in [0.4, 0.5) is 5.95 Å². The molecule has 0 radical (unpaired) electrons. The Morgan fingerprint density at radius 2 is 2.05 bits per heavy atom. The second kappa shape index (κ2) is 7.53. The standard InChI is InChI=1S/C14H22N4O3S/c1-2-3-4-6-15-13(19)11-8-16-14(17-9-11)18-12-5-7-22(20,21)10-12/h8-9,12H,2-7,10H2,1H3,(H,15,19)(H,16,17,18). The van der Waals surface area contributed by atoms with Gasteiger partial charge in [-0.05, 0) is 12.8 Å². The van der Waals surface area contributed by atoms with Crippen LogP contribution in [-0.2, 0) is 9.84 Å². The maximum absolute atomic E-state index is 11.9. The Bertz CT molecular complexity index is 601. The molecule has 2 heterocycles. The first kappa shape index (κ1) is 16.7. The van der Waals surface area contributed by atoms with Crippen LogP contribution in [0, 0.1) is 0 Å². The van der Waals surface area contributed by atoms with Gasteiger partial charge in [0.1, 0.15) is 0 Å². The monoisotopic (exact) mass is 326 g/mol. The Morgan fingerprint density at radius 3 is 2.64 bits per heavy atom. The molecule has 122 valence electrons. The summed E-state index contributed by atoms with van der Waals surface area (Å²) < 4.78 is 22.8. The number of nitrogens with zero attached hydrogens (tertiary/aromatic N) is 2. The second-order valence-electron chi connectivity index (χ2n) is 5.50. The molecule has 7 nitrogen and oxygen atoms in total. The van der Waals surface area contributed by atoms with E-state index < -0.39 is 9.84 Å². The van der Waals surface area contributed by atoms with Gasteiger partial charge in [0.05, 0.1) is 17.1 Å². The topological polar surface area (TPSA) is 101 Å². The third-order valence-electron chi connectivity index (χ3n) is 3.55. The zero-order valence-corrected chi connectivity index (χ0v) is 13.5. The number of hydrogen-bond donors (Lipinski definition) is 2. The lowest BCUT2D eigenvalue weighted by atomic mass is 10.2. The smallest absolute Gasteiger partial charge is 0.254 e. The van der Waals surface area contributed by atoms with Crippen LogP contribution in [0.1, 0.15) is 43.0 Å². The Morgan fingerprint density at radius 1 is 1.32 bits per heavy atom. The molecule has 1 aliphatic rings.